The van der Waals surface area contributed by atoms with Crippen LogP contribution < -0.4 is 0 Å². The average Bonchev–Trinajstić information content (AvgIpc) is 2.55. The molecule has 0 amide bonds. The second kappa shape index (κ2) is 2.70. The van der Waals surface area contributed by atoms with Gasteiger partial charge < -0.3 is 9.47 Å². The first-order valence-corrected chi connectivity index (χ1v) is 6.64. The molecule has 3 heteroatoms. The van der Waals surface area contributed by atoms with Crippen molar-refractivity contribution < 1.29 is 14.3 Å². The molecule has 0 radical (unpaired) electrons. The first kappa shape index (κ1) is 9.60. The summed E-state index contributed by atoms with van der Waals surface area (Å²) in [6.07, 6.45) is 9.11. The largest absolute Gasteiger partial charge is 0.340 e. The van der Waals surface area contributed by atoms with Gasteiger partial charge in [0.25, 0.3) is 0 Å². The van der Waals surface area contributed by atoms with E-state index in [1.54, 1.807) is 0 Å². The van der Waals surface area contributed by atoms with Crippen molar-refractivity contribution in [1.29, 1.82) is 0 Å². The molecule has 4 aliphatic rings. The van der Waals surface area contributed by atoms with Gasteiger partial charge in [-0.05, 0) is 32.1 Å². The van der Waals surface area contributed by atoms with Crippen LogP contribution in [-0.4, -0.2) is 22.8 Å². The van der Waals surface area contributed by atoms with Crippen LogP contribution >= 0.6 is 0 Å². The van der Waals surface area contributed by atoms with E-state index in [2.05, 4.69) is 0 Å². The van der Waals surface area contributed by atoms with E-state index in [4.69, 9.17) is 9.47 Å². The Hall–Kier alpha value is -0.410. The lowest BCUT2D eigenvalue weighted by Gasteiger charge is -2.45. The Morgan fingerprint density at radius 3 is 2.31 bits per heavy atom. The Morgan fingerprint density at radius 2 is 1.69 bits per heavy atom. The zero-order valence-corrected chi connectivity index (χ0v) is 9.59. The first-order valence-electron chi connectivity index (χ1n) is 6.64. The molecule has 3 saturated carbocycles. The van der Waals surface area contributed by atoms with E-state index in [-0.39, 0.29) is 11.4 Å². The van der Waals surface area contributed by atoms with E-state index in [1.165, 1.54) is 19.3 Å². The zero-order valence-electron chi connectivity index (χ0n) is 9.59. The molecule has 0 aromatic carbocycles. The Bertz CT molecular complexity index is 358. The average molecular weight is 222 g/mol. The smallest absolute Gasteiger partial charge is 0.170 e. The quantitative estimate of drug-likeness (QED) is 0.631. The highest BCUT2D eigenvalue weighted by atomic mass is 16.8. The summed E-state index contributed by atoms with van der Waals surface area (Å²) in [4.78, 5) is 12.1. The van der Waals surface area contributed by atoms with E-state index >= 15 is 0 Å². The van der Waals surface area contributed by atoms with Crippen molar-refractivity contribution in [3.63, 3.8) is 0 Å². The molecule has 0 aromatic rings. The standard InChI is InChI=1S/C13H18O3/c14-10-4-7-11-8-9-13(10,11)16-12(15-11)5-2-1-3-6-12/h1-9H2/t11-,13-/m1/s1. The second-order valence-corrected chi connectivity index (χ2v) is 5.92. The van der Waals surface area contributed by atoms with Gasteiger partial charge >= 0.3 is 0 Å². The molecule has 0 N–H and O–H groups in total. The third kappa shape index (κ3) is 0.876. The van der Waals surface area contributed by atoms with Gasteiger partial charge in [-0.15, -0.1) is 0 Å². The maximum Gasteiger partial charge on any atom is 0.170 e. The molecular weight excluding hydrogens is 204 g/mol. The van der Waals surface area contributed by atoms with Gasteiger partial charge in [-0.3, -0.25) is 4.79 Å². The summed E-state index contributed by atoms with van der Waals surface area (Å²) >= 11 is 0. The highest BCUT2D eigenvalue weighted by molar-refractivity contribution is 5.93. The van der Waals surface area contributed by atoms with Crippen molar-refractivity contribution >= 4 is 5.78 Å². The number of ether oxygens (including phenoxy) is 2. The molecule has 2 atom stereocenters. The van der Waals surface area contributed by atoms with Crippen LogP contribution in [0.2, 0.25) is 0 Å². The van der Waals surface area contributed by atoms with Crippen molar-refractivity contribution in [2.45, 2.75) is 74.8 Å². The van der Waals surface area contributed by atoms with Gasteiger partial charge in [-0.1, -0.05) is 6.42 Å². The SMILES string of the molecule is O=C1CC[C@@]23CC[C@@]12OC1(CCCCC1)O3. The molecule has 1 aliphatic heterocycles. The summed E-state index contributed by atoms with van der Waals surface area (Å²) in [6, 6.07) is 0. The molecule has 1 spiro atoms. The molecule has 0 bridgehead atoms. The number of hydrogen-bond acceptors (Lipinski definition) is 3. The topological polar surface area (TPSA) is 35.5 Å². The van der Waals surface area contributed by atoms with Gasteiger partial charge in [-0.25, -0.2) is 0 Å². The molecule has 4 rings (SSSR count). The molecule has 0 unspecified atom stereocenters. The van der Waals surface area contributed by atoms with Crippen LogP contribution in [0, 0.1) is 0 Å². The summed E-state index contributed by atoms with van der Waals surface area (Å²) in [5, 5.41) is 0. The van der Waals surface area contributed by atoms with Gasteiger partial charge in [0.2, 0.25) is 0 Å². The van der Waals surface area contributed by atoms with Crippen molar-refractivity contribution in [3.8, 4) is 0 Å². The Morgan fingerprint density at radius 1 is 0.875 bits per heavy atom. The van der Waals surface area contributed by atoms with Gasteiger partial charge in [0.15, 0.2) is 17.2 Å². The molecule has 4 fully saturated rings. The highest BCUT2D eigenvalue weighted by Crippen LogP contribution is 2.65. The van der Waals surface area contributed by atoms with E-state index in [0.29, 0.717) is 12.2 Å². The molecule has 1 heterocycles. The van der Waals surface area contributed by atoms with E-state index in [9.17, 15) is 4.79 Å². The fraction of sp³-hybridized carbons (Fsp3) is 0.923. The number of hydrogen-bond donors (Lipinski definition) is 0. The highest BCUT2D eigenvalue weighted by Gasteiger charge is 2.77. The summed E-state index contributed by atoms with van der Waals surface area (Å²) in [5.74, 6) is -0.0774. The van der Waals surface area contributed by atoms with Crippen molar-refractivity contribution in [3.05, 3.63) is 0 Å². The lowest BCUT2D eigenvalue weighted by Crippen LogP contribution is -2.60. The number of Topliss-reactive ketones (excluding diaryl/α,β-unsaturated/α-hetero) is 1. The number of rotatable bonds is 0. The van der Waals surface area contributed by atoms with Crippen LogP contribution in [0.15, 0.2) is 0 Å². The van der Waals surface area contributed by atoms with Gasteiger partial charge in [0.1, 0.15) is 5.60 Å². The van der Waals surface area contributed by atoms with Crippen LogP contribution in [0.4, 0.5) is 0 Å². The number of carbonyl (C=O) groups is 1. The van der Waals surface area contributed by atoms with Crippen molar-refractivity contribution in [2.75, 3.05) is 0 Å². The summed E-state index contributed by atoms with van der Waals surface area (Å²) < 4.78 is 12.6. The van der Waals surface area contributed by atoms with E-state index in [1.807, 2.05) is 0 Å². The van der Waals surface area contributed by atoms with Gasteiger partial charge in [0, 0.05) is 19.3 Å². The van der Waals surface area contributed by atoms with Crippen LogP contribution in [0.25, 0.3) is 0 Å². The Labute approximate surface area is 95.5 Å². The number of ketones is 1. The lowest BCUT2D eigenvalue weighted by atomic mass is 9.67. The summed E-state index contributed by atoms with van der Waals surface area (Å²) in [7, 11) is 0. The van der Waals surface area contributed by atoms with Crippen LogP contribution in [0.1, 0.15) is 57.8 Å². The molecule has 3 aliphatic carbocycles. The minimum atomic E-state index is -0.510. The predicted octanol–water partition coefficient (Wildman–Crippen LogP) is 2.33. The zero-order chi connectivity index (χ0) is 10.9. The van der Waals surface area contributed by atoms with E-state index in [0.717, 1.165) is 32.1 Å². The maximum absolute atomic E-state index is 12.1. The normalized spacial score (nSPS) is 48.9. The van der Waals surface area contributed by atoms with Crippen LogP contribution in [-0.2, 0) is 14.3 Å². The maximum atomic E-state index is 12.1. The summed E-state index contributed by atoms with van der Waals surface area (Å²) in [5.41, 5.74) is -0.717. The second-order valence-electron chi connectivity index (χ2n) is 5.92. The van der Waals surface area contributed by atoms with E-state index < -0.39 is 5.60 Å². The molecule has 0 aromatic heterocycles. The van der Waals surface area contributed by atoms with Crippen LogP contribution in [0.5, 0.6) is 0 Å². The third-order valence-corrected chi connectivity index (χ3v) is 5.18. The molecule has 16 heavy (non-hydrogen) atoms. The number of carbonyl (C=O) groups excluding carboxylic acids is 1. The van der Waals surface area contributed by atoms with Crippen LogP contribution in [0.3, 0.4) is 0 Å². The Balaban J connectivity index is 1.71. The predicted molar refractivity (Wildman–Crippen MR) is 56.9 cm³/mol. The minimum absolute atomic E-state index is 0.207. The summed E-state index contributed by atoms with van der Waals surface area (Å²) in [6.45, 7) is 0. The monoisotopic (exact) mass is 222 g/mol. The van der Waals surface area contributed by atoms with Crippen molar-refractivity contribution in [1.82, 2.24) is 0 Å². The van der Waals surface area contributed by atoms with Crippen molar-refractivity contribution in [2.24, 2.45) is 0 Å². The van der Waals surface area contributed by atoms with Gasteiger partial charge in [0.05, 0.1) is 0 Å². The molecule has 3 nitrogen and oxygen atoms in total. The first-order chi connectivity index (χ1) is 7.71. The lowest BCUT2D eigenvalue weighted by molar-refractivity contribution is -0.210. The Kier molecular flexibility index (Phi) is 1.62. The molecular formula is C13H18O3. The fourth-order valence-electron chi connectivity index (χ4n) is 4.24. The molecule has 88 valence electrons. The van der Waals surface area contributed by atoms with Gasteiger partial charge in [-0.2, -0.15) is 0 Å². The molecule has 1 saturated heterocycles. The fourth-order valence-corrected chi connectivity index (χ4v) is 4.24. The minimum Gasteiger partial charge on any atom is -0.340 e. The third-order valence-electron chi connectivity index (χ3n) is 5.18.